The summed E-state index contributed by atoms with van der Waals surface area (Å²) in [6.45, 7) is 7.98. The van der Waals surface area contributed by atoms with E-state index in [1.54, 1.807) is 0 Å². The summed E-state index contributed by atoms with van der Waals surface area (Å²) in [6.07, 6.45) is 2.58. The van der Waals surface area contributed by atoms with Crippen LogP contribution in [0.1, 0.15) is 42.1 Å². The van der Waals surface area contributed by atoms with Crippen LogP contribution >= 0.6 is 11.3 Å². The molecule has 0 spiro atoms. The molecular formula is C15H24N2O3S. The lowest BCUT2D eigenvalue weighted by atomic mass is 9.87. The minimum Gasteiger partial charge on any atom is -0.464 e. The van der Waals surface area contributed by atoms with Gasteiger partial charge in [-0.25, -0.2) is 9.78 Å². The zero-order chi connectivity index (χ0) is 15.4. The summed E-state index contributed by atoms with van der Waals surface area (Å²) < 4.78 is 10.6. The number of ether oxygens (including phenoxy) is 2. The average Bonchev–Trinajstić information content (AvgIpc) is 2.85. The number of anilines is 1. The zero-order valence-corrected chi connectivity index (χ0v) is 14.0. The maximum Gasteiger partial charge on any atom is 0.357 e. The number of rotatable bonds is 5. The van der Waals surface area contributed by atoms with E-state index in [0.29, 0.717) is 23.6 Å². The Kier molecular flexibility index (Phi) is 5.58. The molecule has 1 aromatic rings. The van der Waals surface area contributed by atoms with Gasteiger partial charge in [-0.3, -0.25) is 0 Å². The van der Waals surface area contributed by atoms with Crippen LogP contribution in [0.15, 0.2) is 0 Å². The minimum absolute atomic E-state index is 0.299. The fraction of sp³-hybridized carbons (Fsp3) is 0.733. The number of methoxy groups -OCH3 is 1. The predicted octanol–water partition coefficient (Wildman–Crippen LogP) is 3.10. The molecule has 6 heteroatoms. The van der Waals surface area contributed by atoms with Crippen LogP contribution in [0, 0.1) is 18.8 Å². The summed E-state index contributed by atoms with van der Waals surface area (Å²) in [5.41, 5.74) is 0.408. The topological polar surface area (TPSA) is 60.5 Å². The van der Waals surface area contributed by atoms with E-state index in [1.165, 1.54) is 24.9 Å². The number of aromatic nitrogens is 1. The van der Waals surface area contributed by atoms with Crippen LogP contribution in [0.2, 0.25) is 0 Å². The first-order valence-electron chi connectivity index (χ1n) is 7.44. The summed E-state index contributed by atoms with van der Waals surface area (Å²) in [7, 11) is 1.38. The van der Waals surface area contributed by atoms with Crippen molar-refractivity contribution in [2.75, 3.05) is 25.6 Å². The van der Waals surface area contributed by atoms with Crippen LogP contribution in [-0.2, 0) is 9.47 Å². The van der Waals surface area contributed by atoms with Gasteiger partial charge in [-0.1, -0.05) is 13.8 Å². The van der Waals surface area contributed by atoms with Crippen molar-refractivity contribution in [2.24, 2.45) is 11.8 Å². The summed E-state index contributed by atoms with van der Waals surface area (Å²) >= 11 is 1.49. The van der Waals surface area contributed by atoms with Crippen molar-refractivity contribution in [2.45, 2.75) is 39.7 Å². The molecule has 21 heavy (non-hydrogen) atoms. The molecule has 2 rings (SSSR count). The monoisotopic (exact) mass is 312 g/mol. The quantitative estimate of drug-likeness (QED) is 0.847. The van der Waals surface area contributed by atoms with Crippen LogP contribution in [0.3, 0.4) is 0 Å². The molecule has 1 N–H and O–H groups in total. The van der Waals surface area contributed by atoms with E-state index in [0.717, 1.165) is 29.6 Å². The third-order valence-corrected chi connectivity index (χ3v) is 4.77. The Bertz CT molecular complexity index is 487. The Morgan fingerprint density at radius 3 is 3.00 bits per heavy atom. The van der Waals surface area contributed by atoms with Gasteiger partial charge in [-0.15, -0.1) is 11.3 Å². The average molecular weight is 312 g/mol. The molecule has 1 aromatic heterocycles. The normalized spacial score (nSPS) is 22.3. The highest BCUT2D eigenvalue weighted by Crippen LogP contribution is 2.28. The predicted molar refractivity (Wildman–Crippen MR) is 84.0 cm³/mol. The summed E-state index contributed by atoms with van der Waals surface area (Å²) in [5, 5.41) is 4.14. The molecule has 0 amide bonds. The van der Waals surface area contributed by atoms with E-state index in [4.69, 9.17) is 9.47 Å². The van der Waals surface area contributed by atoms with Crippen LogP contribution in [0.4, 0.5) is 5.13 Å². The molecular weight excluding hydrogens is 288 g/mol. The van der Waals surface area contributed by atoms with Gasteiger partial charge in [0.25, 0.3) is 0 Å². The van der Waals surface area contributed by atoms with Crippen molar-refractivity contribution in [3.8, 4) is 0 Å². The molecule has 2 unspecified atom stereocenters. The molecule has 118 valence electrons. The van der Waals surface area contributed by atoms with Gasteiger partial charge in [0, 0.05) is 23.9 Å². The van der Waals surface area contributed by atoms with Gasteiger partial charge in [0.2, 0.25) is 0 Å². The van der Waals surface area contributed by atoms with E-state index >= 15 is 0 Å². The third kappa shape index (κ3) is 3.95. The largest absolute Gasteiger partial charge is 0.464 e. The molecule has 2 heterocycles. The Hall–Kier alpha value is -1.14. The number of hydrogen-bond donors (Lipinski definition) is 1. The highest BCUT2D eigenvalue weighted by molar-refractivity contribution is 7.15. The second-order valence-electron chi connectivity index (χ2n) is 5.78. The lowest BCUT2D eigenvalue weighted by molar-refractivity contribution is -0.0480. The number of aryl methyl sites for hydroxylation is 1. The first-order valence-corrected chi connectivity index (χ1v) is 8.25. The molecule has 0 saturated carbocycles. The third-order valence-electron chi connectivity index (χ3n) is 3.84. The fourth-order valence-corrected chi connectivity index (χ4v) is 3.60. The highest BCUT2D eigenvalue weighted by atomic mass is 32.1. The number of carbonyl (C=O) groups is 1. The first-order chi connectivity index (χ1) is 10.0. The summed E-state index contributed by atoms with van der Waals surface area (Å²) in [5.74, 6) is 0.628. The molecule has 5 nitrogen and oxygen atoms in total. The summed E-state index contributed by atoms with van der Waals surface area (Å²) in [6, 6.07) is 0. The van der Waals surface area contributed by atoms with Crippen molar-refractivity contribution >= 4 is 22.4 Å². The molecule has 0 aliphatic carbocycles. The van der Waals surface area contributed by atoms with Gasteiger partial charge in [-0.05, 0) is 25.7 Å². The van der Waals surface area contributed by atoms with Gasteiger partial charge < -0.3 is 14.8 Å². The van der Waals surface area contributed by atoms with Gasteiger partial charge in [0.1, 0.15) is 0 Å². The Balaban J connectivity index is 1.97. The van der Waals surface area contributed by atoms with Gasteiger partial charge in [0.15, 0.2) is 10.8 Å². The molecule has 0 bridgehead atoms. The van der Waals surface area contributed by atoms with E-state index in [-0.39, 0.29) is 5.97 Å². The van der Waals surface area contributed by atoms with Gasteiger partial charge >= 0.3 is 5.97 Å². The summed E-state index contributed by atoms with van der Waals surface area (Å²) in [4.78, 5) is 16.8. The fourth-order valence-electron chi connectivity index (χ4n) is 2.80. The van der Waals surface area contributed by atoms with Crippen LogP contribution in [0.5, 0.6) is 0 Å². The van der Waals surface area contributed by atoms with Gasteiger partial charge in [0.05, 0.1) is 13.2 Å². The van der Waals surface area contributed by atoms with E-state index in [9.17, 15) is 4.79 Å². The molecule has 2 atom stereocenters. The second kappa shape index (κ2) is 7.22. The number of esters is 1. The van der Waals surface area contributed by atoms with Crippen molar-refractivity contribution < 1.29 is 14.3 Å². The van der Waals surface area contributed by atoms with E-state index < -0.39 is 0 Å². The maximum atomic E-state index is 11.6. The number of thiazole rings is 1. The van der Waals surface area contributed by atoms with Crippen LogP contribution in [0.25, 0.3) is 0 Å². The molecule has 0 aromatic carbocycles. The number of carbonyl (C=O) groups excluding carboxylic acids is 1. The van der Waals surface area contributed by atoms with E-state index in [1.807, 2.05) is 6.92 Å². The lowest BCUT2D eigenvalue weighted by Crippen LogP contribution is -2.37. The van der Waals surface area contributed by atoms with Crippen LogP contribution < -0.4 is 5.32 Å². The molecule has 1 saturated heterocycles. The second-order valence-corrected chi connectivity index (χ2v) is 6.98. The SMILES string of the molecule is COC(=O)c1nc(NCC2CCCOC2C(C)C)sc1C. The zero-order valence-electron chi connectivity index (χ0n) is 13.1. The molecule has 0 radical (unpaired) electrons. The number of nitrogens with one attached hydrogen (secondary N) is 1. The number of nitrogens with zero attached hydrogens (tertiary/aromatic N) is 1. The first kappa shape index (κ1) is 16.2. The standard InChI is InChI=1S/C15H24N2O3S/c1-9(2)13-11(6-5-7-20-13)8-16-15-17-12(10(3)21-15)14(18)19-4/h9,11,13H,5-8H2,1-4H3,(H,16,17). The van der Waals surface area contributed by atoms with Crippen molar-refractivity contribution in [1.82, 2.24) is 4.98 Å². The highest BCUT2D eigenvalue weighted by Gasteiger charge is 2.28. The Labute approximate surface area is 130 Å². The maximum absolute atomic E-state index is 11.6. The molecule has 1 aliphatic heterocycles. The Morgan fingerprint density at radius 2 is 2.33 bits per heavy atom. The van der Waals surface area contributed by atoms with Crippen LogP contribution in [-0.4, -0.2) is 37.3 Å². The smallest absolute Gasteiger partial charge is 0.357 e. The van der Waals surface area contributed by atoms with Gasteiger partial charge in [-0.2, -0.15) is 0 Å². The Morgan fingerprint density at radius 1 is 1.57 bits per heavy atom. The van der Waals surface area contributed by atoms with Crippen molar-refractivity contribution in [3.05, 3.63) is 10.6 Å². The lowest BCUT2D eigenvalue weighted by Gasteiger charge is -2.34. The minimum atomic E-state index is -0.377. The van der Waals surface area contributed by atoms with Crippen molar-refractivity contribution in [3.63, 3.8) is 0 Å². The van der Waals surface area contributed by atoms with Crippen molar-refractivity contribution in [1.29, 1.82) is 0 Å². The van der Waals surface area contributed by atoms with E-state index in [2.05, 4.69) is 24.1 Å². The molecule has 1 aliphatic rings. The molecule has 1 fully saturated rings. The number of hydrogen-bond acceptors (Lipinski definition) is 6.